The van der Waals surface area contributed by atoms with Crippen LogP contribution < -0.4 is 31.1 Å². The van der Waals surface area contributed by atoms with Crippen LogP contribution in [-0.4, -0.2) is 6.71 Å². The van der Waals surface area contributed by atoms with Crippen LogP contribution in [0.4, 0.5) is 51.2 Å². The first-order chi connectivity index (χ1) is 42.0. The highest BCUT2D eigenvalue weighted by molar-refractivity contribution is 7.00. The molecule has 3 nitrogen and oxygen atoms in total. The molecule has 0 atom stereocenters. The zero-order chi connectivity index (χ0) is 65.6. The Kier molecular flexibility index (Phi) is 13.3. The fraction of sp³-hybridized carbons (Fsp3) is 0.517. The molecule has 4 heteroatoms. The molecule has 0 N–H and O–H groups in total. The van der Waals surface area contributed by atoms with Crippen LogP contribution in [0.25, 0.3) is 0 Å². The van der Waals surface area contributed by atoms with Crippen LogP contribution in [0.2, 0.25) is 0 Å². The van der Waals surface area contributed by atoms with Gasteiger partial charge in [-0.15, -0.1) is 0 Å². The van der Waals surface area contributed by atoms with Gasteiger partial charge in [0.2, 0.25) is 0 Å². The van der Waals surface area contributed by atoms with Gasteiger partial charge in [0.05, 0.1) is 5.69 Å². The molecule has 14 rings (SSSR count). The second-order valence-electron chi connectivity index (χ2n) is 38.2. The Morgan fingerprint density at radius 1 is 0.308 bits per heavy atom. The van der Waals surface area contributed by atoms with E-state index < -0.39 is 0 Å². The van der Waals surface area contributed by atoms with Gasteiger partial charge in [0.15, 0.2) is 0 Å². The van der Waals surface area contributed by atoms with Gasteiger partial charge in [-0.05, 0) is 281 Å². The smallest absolute Gasteiger partial charge is 0.252 e. The molecular formula is C87H110BN3. The Morgan fingerprint density at radius 3 is 1.03 bits per heavy atom. The monoisotopic (exact) mass is 1210 g/mol. The molecule has 2 aliphatic heterocycles. The number of fused-ring (bicyclic) bond motifs is 9. The fourth-order valence-corrected chi connectivity index (χ4v) is 19.4. The van der Waals surface area contributed by atoms with Crippen molar-refractivity contribution in [2.75, 3.05) is 14.7 Å². The van der Waals surface area contributed by atoms with E-state index in [0.717, 1.165) is 44.9 Å². The molecule has 0 amide bonds. The van der Waals surface area contributed by atoms with E-state index in [0.29, 0.717) is 0 Å². The SMILES string of the molecule is Cc1cc(C(C)(C)C)ccc1N1c2cc3c(cc2B2c4cc5c(cc4N(c4cc6c(cc4C)C(C)(C)CC6(C)C)c4cc(N(c6ccc7c(c6)C(C)(C)CCC7(C)C)c6ccc7c(c6)C(C)(C)CCC7(C)C)cc1c42)C(C)(C)CCC5(C)C)C(C)(C)CCC3(C)C. The lowest BCUT2D eigenvalue weighted by atomic mass is 9.32. The Labute approximate surface area is 551 Å². The maximum Gasteiger partial charge on any atom is 0.252 e. The molecule has 7 aromatic carbocycles. The normalized spacial score (nSPS) is 22.1. The molecule has 7 aromatic rings. The molecule has 91 heavy (non-hydrogen) atoms. The molecule has 0 saturated heterocycles. The van der Waals surface area contributed by atoms with Crippen molar-refractivity contribution in [1.82, 2.24) is 0 Å². The van der Waals surface area contributed by atoms with Crippen molar-refractivity contribution < 1.29 is 0 Å². The molecule has 0 fully saturated rings. The lowest BCUT2D eigenvalue weighted by Crippen LogP contribution is -2.62. The van der Waals surface area contributed by atoms with Gasteiger partial charge >= 0.3 is 0 Å². The van der Waals surface area contributed by atoms with Crippen LogP contribution in [0.1, 0.15) is 289 Å². The number of aryl methyl sites for hydroxylation is 2. The molecule has 0 bridgehead atoms. The van der Waals surface area contributed by atoms with Crippen molar-refractivity contribution in [3.05, 3.63) is 175 Å². The minimum atomic E-state index is -0.0416. The van der Waals surface area contributed by atoms with Gasteiger partial charge in [-0.1, -0.05) is 202 Å². The Hall–Kier alpha value is -6.00. The highest BCUT2D eigenvalue weighted by Crippen LogP contribution is 2.59. The minimum absolute atomic E-state index is 0.00187. The molecule has 476 valence electrons. The number of anilines is 9. The third-order valence-electron chi connectivity index (χ3n) is 25.7. The van der Waals surface area contributed by atoms with Crippen LogP contribution in [0, 0.1) is 13.8 Å². The Balaban J connectivity index is 1.18. The Bertz CT molecular complexity index is 4170. The zero-order valence-electron chi connectivity index (χ0n) is 61.1. The number of nitrogens with zero attached hydrogens (tertiary/aromatic N) is 3. The van der Waals surface area contributed by atoms with E-state index in [9.17, 15) is 0 Å². The molecule has 0 unspecified atom stereocenters. The maximum atomic E-state index is 2.84. The number of hydrogen-bond acceptors (Lipinski definition) is 3. The minimum Gasteiger partial charge on any atom is -0.311 e. The molecule has 0 radical (unpaired) electrons. The van der Waals surface area contributed by atoms with E-state index in [1.807, 2.05) is 0 Å². The van der Waals surface area contributed by atoms with E-state index in [-0.39, 0.29) is 66.3 Å². The van der Waals surface area contributed by atoms with E-state index in [4.69, 9.17) is 0 Å². The Morgan fingerprint density at radius 2 is 0.637 bits per heavy atom. The van der Waals surface area contributed by atoms with Gasteiger partial charge in [0.1, 0.15) is 0 Å². The average molecular weight is 1210 g/mol. The molecular weight excluding hydrogens is 1100 g/mol. The number of rotatable bonds is 5. The van der Waals surface area contributed by atoms with Crippen molar-refractivity contribution in [1.29, 1.82) is 0 Å². The van der Waals surface area contributed by atoms with E-state index in [2.05, 4.69) is 291 Å². The largest absolute Gasteiger partial charge is 0.311 e. The molecule has 0 aromatic heterocycles. The third-order valence-corrected chi connectivity index (χ3v) is 25.7. The molecule has 0 saturated carbocycles. The summed E-state index contributed by atoms with van der Waals surface area (Å²) >= 11 is 0. The van der Waals surface area contributed by atoms with Crippen LogP contribution in [0.5, 0.6) is 0 Å². The van der Waals surface area contributed by atoms with Gasteiger partial charge in [-0.2, -0.15) is 0 Å². The van der Waals surface area contributed by atoms with Crippen LogP contribution in [0.15, 0.2) is 103 Å². The second kappa shape index (κ2) is 19.3. The highest BCUT2D eigenvalue weighted by atomic mass is 15.2. The average Bonchev–Trinajstić information content (AvgIpc) is 0.835. The first-order valence-electron chi connectivity index (χ1n) is 35.5. The van der Waals surface area contributed by atoms with E-state index >= 15 is 0 Å². The van der Waals surface area contributed by atoms with Gasteiger partial charge in [-0.25, -0.2) is 0 Å². The molecule has 2 heterocycles. The first kappa shape index (κ1) is 62.5. The predicted octanol–water partition coefficient (Wildman–Crippen LogP) is 22.5. The first-order valence-corrected chi connectivity index (χ1v) is 35.5. The zero-order valence-corrected chi connectivity index (χ0v) is 61.1. The number of benzene rings is 7. The van der Waals surface area contributed by atoms with Gasteiger partial charge < -0.3 is 14.7 Å². The topological polar surface area (TPSA) is 9.72 Å². The maximum absolute atomic E-state index is 2.84. The van der Waals surface area contributed by atoms with Crippen molar-refractivity contribution in [3.63, 3.8) is 0 Å². The third kappa shape index (κ3) is 9.41. The summed E-state index contributed by atoms with van der Waals surface area (Å²) in [5.41, 5.74) is 34.9. The number of hydrogen-bond donors (Lipinski definition) is 0. The van der Waals surface area contributed by atoms with Crippen molar-refractivity contribution in [3.8, 4) is 0 Å². The lowest BCUT2D eigenvalue weighted by Gasteiger charge is -2.49. The summed E-state index contributed by atoms with van der Waals surface area (Å²) < 4.78 is 0. The van der Waals surface area contributed by atoms with Crippen molar-refractivity contribution in [2.45, 2.75) is 290 Å². The molecule has 0 spiro atoms. The summed E-state index contributed by atoms with van der Waals surface area (Å²) in [6, 6.07) is 44.5. The van der Waals surface area contributed by atoms with Gasteiger partial charge in [0.25, 0.3) is 6.71 Å². The van der Waals surface area contributed by atoms with Crippen molar-refractivity contribution in [2.24, 2.45) is 0 Å². The van der Waals surface area contributed by atoms with Crippen LogP contribution >= 0.6 is 0 Å². The van der Waals surface area contributed by atoms with Crippen LogP contribution in [-0.2, 0) is 59.6 Å². The van der Waals surface area contributed by atoms with Gasteiger partial charge in [0, 0.05) is 45.5 Å². The summed E-state index contributed by atoms with van der Waals surface area (Å²) in [6.07, 6.45) is 10.4. The lowest BCUT2D eigenvalue weighted by molar-refractivity contribution is 0.332. The summed E-state index contributed by atoms with van der Waals surface area (Å²) in [6.45, 7) is 62.1. The fourth-order valence-electron chi connectivity index (χ4n) is 19.4. The quantitative estimate of drug-likeness (QED) is 0.159. The van der Waals surface area contributed by atoms with Crippen LogP contribution in [0.3, 0.4) is 0 Å². The second-order valence-corrected chi connectivity index (χ2v) is 38.2. The molecule has 7 aliphatic rings. The summed E-state index contributed by atoms with van der Waals surface area (Å²) in [7, 11) is 0. The molecule has 5 aliphatic carbocycles. The highest BCUT2D eigenvalue weighted by Gasteiger charge is 2.51. The summed E-state index contributed by atoms with van der Waals surface area (Å²) in [5.74, 6) is 0. The summed E-state index contributed by atoms with van der Waals surface area (Å²) in [5, 5.41) is 0. The standard InChI is InChI=1S/C87H110BN3/c1-52-40-54(77(3,4)5)26-31-70(52)90-72-49-65-63(82(14,15)36-38-84(65,18)19)46-68(72)88-69-47-64-66(85(20,21)39-37-83(64,16)17)50-73(69)91(71-48-67-60(41-53(71)2)86(22,23)51-87(67,24)25)75-45-57(44-74(90)76(75)88)89(55-27-29-58-61(42-55)80(10,11)34-32-78(58,6)7)56-28-30-59-62(43-56)81(12,13)35-33-79(59,8)9/h26-31,40-50H,32-39,51H2,1-25H3. The summed E-state index contributed by atoms with van der Waals surface area (Å²) in [4.78, 5) is 8.35. The van der Waals surface area contributed by atoms with Gasteiger partial charge in [-0.3, -0.25) is 0 Å². The van der Waals surface area contributed by atoms with Crippen molar-refractivity contribution >= 4 is 74.3 Å². The van der Waals surface area contributed by atoms with E-state index in [1.165, 1.54) is 153 Å². The van der Waals surface area contributed by atoms with E-state index in [1.54, 1.807) is 0 Å². The predicted molar refractivity (Wildman–Crippen MR) is 395 cm³/mol.